The van der Waals surface area contributed by atoms with E-state index >= 15 is 0 Å². The Morgan fingerprint density at radius 1 is 1.25 bits per heavy atom. The summed E-state index contributed by atoms with van der Waals surface area (Å²) in [6, 6.07) is 6.15. The molecular weight excluding hydrogens is 282 g/mol. The van der Waals surface area contributed by atoms with E-state index in [2.05, 4.69) is 4.72 Å². The summed E-state index contributed by atoms with van der Waals surface area (Å²) in [5, 5.41) is 8.47. The van der Waals surface area contributed by atoms with E-state index in [4.69, 9.17) is 9.84 Å². The van der Waals surface area contributed by atoms with Gasteiger partial charge < -0.3 is 9.84 Å². The van der Waals surface area contributed by atoms with Crippen molar-refractivity contribution in [3.05, 3.63) is 24.3 Å². The van der Waals surface area contributed by atoms with E-state index in [9.17, 15) is 13.2 Å². The van der Waals surface area contributed by atoms with Gasteiger partial charge in [-0.1, -0.05) is 0 Å². The maximum absolute atomic E-state index is 11.9. The average molecular weight is 301 g/mol. The monoisotopic (exact) mass is 301 g/mol. The number of hydrogen-bond acceptors (Lipinski definition) is 4. The summed E-state index contributed by atoms with van der Waals surface area (Å²) in [4.78, 5) is 10.5. The fourth-order valence-corrected chi connectivity index (χ4v) is 2.65. The van der Waals surface area contributed by atoms with E-state index < -0.39 is 16.0 Å². The van der Waals surface area contributed by atoms with E-state index in [1.54, 1.807) is 12.1 Å². The van der Waals surface area contributed by atoms with Crippen LogP contribution < -0.4 is 9.46 Å². The third-order valence-electron chi connectivity index (χ3n) is 2.55. The van der Waals surface area contributed by atoms with Crippen LogP contribution in [0.3, 0.4) is 0 Å². The molecule has 0 atom stereocenters. The minimum atomic E-state index is -3.55. The number of rotatable bonds is 9. The molecule has 0 saturated carbocycles. The zero-order valence-corrected chi connectivity index (χ0v) is 12.1. The lowest BCUT2D eigenvalue weighted by Gasteiger charge is -2.07. The quantitative estimate of drug-likeness (QED) is 0.676. The van der Waals surface area contributed by atoms with Crippen LogP contribution >= 0.6 is 0 Å². The second kappa shape index (κ2) is 7.86. The number of carboxylic acids is 1. The van der Waals surface area contributed by atoms with Crippen LogP contribution in [-0.2, 0) is 14.8 Å². The molecule has 6 nitrogen and oxygen atoms in total. The van der Waals surface area contributed by atoms with Crippen molar-refractivity contribution in [1.82, 2.24) is 4.72 Å². The Bertz CT molecular complexity index is 524. The van der Waals surface area contributed by atoms with Gasteiger partial charge in [0.2, 0.25) is 10.0 Å². The minimum Gasteiger partial charge on any atom is -0.494 e. The molecule has 1 aromatic rings. The zero-order valence-electron chi connectivity index (χ0n) is 11.3. The Kier molecular flexibility index (Phi) is 6.47. The lowest BCUT2D eigenvalue weighted by Crippen LogP contribution is -2.24. The van der Waals surface area contributed by atoms with E-state index in [-0.39, 0.29) is 17.9 Å². The van der Waals surface area contributed by atoms with Crippen LogP contribution in [0.15, 0.2) is 29.2 Å². The number of hydrogen-bond donors (Lipinski definition) is 2. The fraction of sp³-hybridized carbons (Fsp3) is 0.462. The van der Waals surface area contributed by atoms with Crippen molar-refractivity contribution < 1.29 is 23.1 Å². The lowest BCUT2D eigenvalue weighted by molar-refractivity contribution is -0.137. The first kappa shape index (κ1) is 16.5. The number of aliphatic carboxylic acids is 1. The van der Waals surface area contributed by atoms with E-state index in [1.807, 2.05) is 6.92 Å². The molecule has 0 aromatic heterocycles. The average Bonchev–Trinajstić information content (AvgIpc) is 2.39. The van der Waals surface area contributed by atoms with Gasteiger partial charge in [-0.15, -0.1) is 0 Å². The number of benzene rings is 1. The highest BCUT2D eigenvalue weighted by Crippen LogP contribution is 2.15. The highest BCUT2D eigenvalue weighted by molar-refractivity contribution is 7.89. The summed E-state index contributed by atoms with van der Waals surface area (Å²) in [6.45, 7) is 2.60. The first-order chi connectivity index (χ1) is 9.45. The molecule has 1 aromatic carbocycles. The van der Waals surface area contributed by atoms with Crippen LogP contribution in [0.25, 0.3) is 0 Å². The molecule has 0 radical (unpaired) electrons. The predicted molar refractivity (Wildman–Crippen MR) is 74.3 cm³/mol. The summed E-state index contributed by atoms with van der Waals surface area (Å²) >= 11 is 0. The SMILES string of the molecule is CCOc1ccc(S(=O)(=O)NCCCCC(=O)O)cc1. The standard InChI is InChI=1S/C13H19NO5S/c1-2-19-11-6-8-12(9-7-11)20(17,18)14-10-4-3-5-13(15)16/h6-9,14H,2-5,10H2,1H3,(H,15,16). The van der Waals surface area contributed by atoms with E-state index in [0.717, 1.165) is 0 Å². The fourth-order valence-electron chi connectivity index (χ4n) is 1.57. The molecule has 0 heterocycles. The van der Waals surface area contributed by atoms with Crippen molar-refractivity contribution in [1.29, 1.82) is 0 Å². The van der Waals surface area contributed by atoms with Gasteiger partial charge in [0.15, 0.2) is 0 Å². The molecule has 20 heavy (non-hydrogen) atoms. The van der Waals surface area contributed by atoms with Crippen molar-refractivity contribution >= 4 is 16.0 Å². The molecule has 2 N–H and O–H groups in total. The summed E-state index contributed by atoms with van der Waals surface area (Å²) < 4.78 is 31.5. The largest absolute Gasteiger partial charge is 0.494 e. The molecule has 7 heteroatoms. The summed E-state index contributed by atoms with van der Waals surface area (Å²) in [6.07, 6.45) is 0.981. The molecule has 0 unspecified atom stereocenters. The molecule has 1 rings (SSSR count). The Morgan fingerprint density at radius 3 is 2.45 bits per heavy atom. The molecule has 0 amide bonds. The third-order valence-corrected chi connectivity index (χ3v) is 4.03. The first-order valence-corrected chi connectivity index (χ1v) is 7.88. The van der Waals surface area contributed by atoms with Gasteiger partial charge in [-0.3, -0.25) is 4.79 Å². The van der Waals surface area contributed by atoms with Crippen LogP contribution in [-0.4, -0.2) is 32.6 Å². The van der Waals surface area contributed by atoms with Gasteiger partial charge >= 0.3 is 5.97 Å². The van der Waals surface area contributed by atoms with Gasteiger partial charge in [-0.2, -0.15) is 0 Å². The Morgan fingerprint density at radius 2 is 1.90 bits per heavy atom. The molecule has 0 saturated heterocycles. The van der Waals surface area contributed by atoms with Crippen LogP contribution in [0.5, 0.6) is 5.75 Å². The van der Waals surface area contributed by atoms with Gasteiger partial charge in [0.05, 0.1) is 11.5 Å². The number of carbonyl (C=O) groups is 1. The smallest absolute Gasteiger partial charge is 0.303 e. The van der Waals surface area contributed by atoms with E-state index in [0.29, 0.717) is 25.2 Å². The van der Waals surface area contributed by atoms with Crippen molar-refractivity contribution in [3.8, 4) is 5.75 Å². The van der Waals surface area contributed by atoms with Crippen LogP contribution in [0, 0.1) is 0 Å². The van der Waals surface area contributed by atoms with Crippen LogP contribution in [0.4, 0.5) is 0 Å². The summed E-state index contributed by atoms with van der Waals surface area (Å²) in [5.74, 6) is -0.257. The Balaban J connectivity index is 2.49. The second-order valence-corrected chi connectivity index (χ2v) is 5.92. The first-order valence-electron chi connectivity index (χ1n) is 6.40. The number of ether oxygens (including phenoxy) is 1. The number of sulfonamides is 1. The predicted octanol–water partition coefficient (Wildman–Crippen LogP) is 1.62. The second-order valence-electron chi connectivity index (χ2n) is 4.15. The lowest BCUT2D eigenvalue weighted by atomic mass is 10.2. The van der Waals surface area contributed by atoms with Crippen LogP contribution in [0.1, 0.15) is 26.2 Å². The summed E-state index contributed by atoms with van der Waals surface area (Å²) in [5.41, 5.74) is 0. The molecule has 0 spiro atoms. The van der Waals surface area contributed by atoms with Gasteiger partial charge in [0.25, 0.3) is 0 Å². The van der Waals surface area contributed by atoms with Crippen LogP contribution in [0.2, 0.25) is 0 Å². The highest BCUT2D eigenvalue weighted by Gasteiger charge is 2.13. The highest BCUT2D eigenvalue weighted by atomic mass is 32.2. The van der Waals surface area contributed by atoms with Crippen molar-refractivity contribution in [2.75, 3.05) is 13.2 Å². The zero-order chi connectivity index (χ0) is 15.0. The van der Waals surface area contributed by atoms with Crippen molar-refractivity contribution in [3.63, 3.8) is 0 Å². The van der Waals surface area contributed by atoms with Gasteiger partial charge in [0, 0.05) is 13.0 Å². The molecule has 0 fully saturated rings. The maximum Gasteiger partial charge on any atom is 0.303 e. The van der Waals surface area contributed by atoms with Crippen molar-refractivity contribution in [2.24, 2.45) is 0 Å². The number of nitrogens with one attached hydrogen (secondary N) is 1. The molecule has 0 aliphatic heterocycles. The van der Waals surface area contributed by atoms with Gasteiger partial charge in [-0.05, 0) is 44.0 Å². The van der Waals surface area contributed by atoms with Gasteiger partial charge in [-0.25, -0.2) is 13.1 Å². The number of carboxylic acid groups (broad SMARTS) is 1. The van der Waals surface area contributed by atoms with E-state index in [1.165, 1.54) is 12.1 Å². The molecular formula is C13H19NO5S. The third kappa shape index (κ3) is 5.58. The molecule has 0 bridgehead atoms. The Hall–Kier alpha value is -1.60. The minimum absolute atomic E-state index is 0.0464. The molecule has 0 aliphatic carbocycles. The summed E-state index contributed by atoms with van der Waals surface area (Å²) in [7, 11) is -3.55. The number of unbranched alkanes of at least 4 members (excludes halogenated alkanes) is 1. The topological polar surface area (TPSA) is 92.7 Å². The van der Waals surface area contributed by atoms with Gasteiger partial charge in [0.1, 0.15) is 5.75 Å². The Labute approximate surface area is 118 Å². The molecule has 112 valence electrons. The maximum atomic E-state index is 11.9. The normalized spacial score (nSPS) is 11.2. The molecule has 0 aliphatic rings. The van der Waals surface area contributed by atoms with Crippen molar-refractivity contribution in [2.45, 2.75) is 31.1 Å².